The highest BCUT2D eigenvalue weighted by Crippen LogP contribution is 2.60. The molecule has 0 radical (unpaired) electrons. The maximum Gasteiger partial charge on any atom is 0.340 e. The van der Waals surface area contributed by atoms with Gasteiger partial charge < -0.3 is 9.79 Å². The molecule has 2 rings (SSSR count). The second-order valence-electron chi connectivity index (χ2n) is 4.35. The molecule has 0 spiro atoms. The van der Waals surface area contributed by atoms with Gasteiger partial charge in [0.25, 0.3) is 0 Å². The summed E-state index contributed by atoms with van der Waals surface area (Å²) in [6.07, 6.45) is 0. The van der Waals surface area contributed by atoms with Gasteiger partial charge in [-0.05, 0) is 18.1 Å². The van der Waals surface area contributed by atoms with E-state index in [4.69, 9.17) is 0 Å². The first kappa shape index (κ1) is 13.0. The van der Waals surface area contributed by atoms with Crippen LogP contribution in [0.1, 0.15) is 18.1 Å². The number of rotatable bonds is 3. The fourth-order valence-electron chi connectivity index (χ4n) is 2.03. The van der Waals surface area contributed by atoms with Crippen LogP contribution in [0.25, 0.3) is 0 Å². The summed E-state index contributed by atoms with van der Waals surface area (Å²) in [6.45, 7) is 1.58. The van der Waals surface area contributed by atoms with E-state index in [1.807, 2.05) is 12.1 Å². The molecule has 0 bridgehead atoms. The lowest BCUT2D eigenvalue weighted by atomic mass is 9.92. The zero-order valence-electron chi connectivity index (χ0n) is 10.0. The van der Waals surface area contributed by atoms with Crippen LogP contribution in [0.5, 0.6) is 0 Å². The van der Waals surface area contributed by atoms with Crippen LogP contribution in [0.3, 0.4) is 0 Å². The molecule has 3 nitrogen and oxygen atoms in total. The average Bonchev–Trinajstić information content (AvgIpc) is 2.38. The quantitative estimate of drug-likeness (QED) is 0.835. The van der Waals surface area contributed by atoms with E-state index in [-0.39, 0.29) is 0 Å². The maximum atomic E-state index is 11.9. The van der Waals surface area contributed by atoms with Crippen molar-refractivity contribution in [2.45, 2.75) is 12.1 Å². The van der Waals surface area contributed by atoms with E-state index >= 15 is 0 Å². The summed E-state index contributed by atoms with van der Waals surface area (Å²) >= 11 is 0. The predicted octanol–water partition coefficient (Wildman–Crippen LogP) is 3.13. The van der Waals surface area contributed by atoms with Crippen molar-refractivity contribution in [1.82, 2.24) is 0 Å². The van der Waals surface area contributed by atoms with Crippen molar-refractivity contribution in [1.29, 1.82) is 0 Å². The van der Waals surface area contributed by atoms with Crippen molar-refractivity contribution in [3.63, 3.8) is 0 Å². The molecule has 0 saturated carbocycles. The molecule has 0 heterocycles. The second kappa shape index (κ2) is 4.69. The lowest BCUT2D eigenvalue weighted by Crippen LogP contribution is -2.23. The van der Waals surface area contributed by atoms with Crippen LogP contribution in [-0.4, -0.2) is 9.79 Å². The van der Waals surface area contributed by atoms with Crippen LogP contribution in [0.15, 0.2) is 60.7 Å². The minimum absolute atomic E-state index is 0.615. The van der Waals surface area contributed by atoms with E-state index < -0.39 is 12.8 Å². The van der Waals surface area contributed by atoms with E-state index in [0.29, 0.717) is 11.1 Å². The lowest BCUT2D eigenvalue weighted by molar-refractivity contribution is 0.344. The molecule has 0 aliphatic heterocycles. The molecule has 0 fully saturated rings. The monoisotopic (exact) mass is 262 g/mol. The first-order valence-electron chi connectivity index (χ1n) is 5.63. The number of hydrogen-bond acceptors (Lipinski definition) is 1. The summed E-state index contributed by atoms with van der Waals surface area (Å²) < 4.78 is 11.9. The van der Waals surface area contributed by atoms with Crippen LogP contribution < -0.4 is 0 Å². The van der Waals surface area contributed by atoms with E-state index in [9.17, 15) is 14.4 Å². The molecule has 0 aromatic heterocycles. The molecule has 18 heavy (non-hydrogen) atoms. The van der Waals surface area contributed by atoms with Gasteiger partial charge in [0, 0.05) is 0 Å². The van der Waals surface area contributed by atoms with Gasteiger partial charge in [-0.25, -0.2) is 0 Å². The lowest BCUT2D eigenvalue weighted by Gasteiger charge is -2.31. The first-order chi connectivity index (χ1) is 8.46. The molecule has 4 heteroatoms. The van der Waals surface area contributed by atoms with Crippen LogP contribution >= 0.6 is 7.60 Å². The molecule has 0 atom stereocenters. The topological polar surface area (TPSA) is 57.5 Å². The highest BCUT2D eigenvalue weighted by molar-refractivity contribution is 7.53. The van der Waals surface area contributed by atoms with E-state index in [1.165, 1.54) is 0 Å². The van der Waals surface area contributed by atoms with Crippen molar-refractivity contribution >= 4 is 7.60 Å². The SMILES string of the molecule is CC(c1ccccc1)(c1ccccc1)P(=O)(O)O. The Morgan fingerprint density at radius 3 is 1.44 bits per heavy atom. The average molecular weight is 262 g/mol. The molecule has 0 unspecified atom stereocenters. The van der Waals surface area contributed by atoms with Crippen molar-refractivity contribution in [3.8, 4) is 0 Å². The van der Waals surface area contributed by atoms with Gasteiger partial charge in [-0.2, -0.15) is 0 Å². The Hall–Kier alpha value is -1.41. The van der Waals surface area contributed by atoms with Gasteiger partial charge >= 0.3 is 7.60 Å². The largest absolute Gasteiger partial charge is 0.340 e. The van der Waals surface area contributed by atoms with E-state index in [0.717, 1.165) is 0 Å². The fourth-order valence-corrected chi connectivity index (χ4v) is 3.00. The summed E-state index contributed by atoms with van der Waals surface area (Å²) in [7, 11) is -4.33. The summed E-state index contributed by atoms with van der Waals surface area (Å²) in [5, 5.41) is -1.31. The number of benzene rings is 2. The molecule has 94 valence electrons. The Bertz CT molecular complexity index is 521. The Labute approximate surface area is 106 Å². The highest BCUT2D eigenvalue weighted by atomic mass is 31.2. The van der Waals surface area contributed by atoms with Crippen LogP contribution in [0.2, 0.25) is 0 Å². The van der Waals surface area contributed by atoms with Crippen molar-refractivity contribution in [2.24, 2.45) is 0 Å². The van der Waals surface area contributed by atoms with Gasteiger partial charge in [0.2, 0.25) is 0 Å². The fraction of sp³-hybridized carbons (Fsp3) is 0.143. The first-order valence-corrected chi connectivity index (χ1v) is 7.24. The Morgan fingerprint density at radius 1 is 0.833 bits per heavy atom. The van der Waals surface area contributed by atoms with Gasteiger partial charge in [0.1, 0.15) is 5.16 Å². The number of hydrogen-bond donors (Lipinski definition) is 2. The zero-order valence-corrected chi connectivity index (χ0v) is 10.9. The van der Waals surface area contributed by atoms with Crippen LogP contribution in [0.4, 0.5) is 0 Å². The summed E-state index contributed by atoms with van der Waals surface area (Å²) in [6, 6.07) is 17.8. The summed E-state index contributed by atoms with van der Waals surface area (Å²) in [5.41, 5.74) is 1.23. The second-order valence-corrected chi connectivity index (χ2v) is 6.33. The van der Waals surface area contributed by atoms with Gasteiger partial charge in [0.15, 0.2) is 0 Å². The highest BCUT2D eigenvalue weighted by Gasteiger charge is 2.45. The van der Waals surface area contributed by atoms with Gasteiger partial charge in [-0.1, -0.05) is 60.7 Å². The third-order valence-electron chi connectivity index (χ3n) is 3.25. The maximum absolute atomic E-state index is 11.9. The molecule has 0 aliphatic rings. The molecule has 0 saturated heterocycles. The Balaban J connectivity index is 2.67. The molecule has 0 aliphatic carbocycles. The standard InChI is InChI=1S/C14H15O3P/c1-14(18(15,16)17,12-8-4-2-5-9-12)13-10-6-3-7-11-13/h2-11H,1H3,(H2,15,16,17). The van der Waals surface area contributed by atoms with Crippen molar-refractivity contribution in [2.75, 3.05) is 0 Å². The smallest absolute Gasteiger partial charge is 0.324 e. The molecular formula is C14H15O3P. The molecule has 2 aromatic rings. The molecular weight excluding hydrogens is 247 g/mol. The van der Waals surface area contributed by atoms with Gasteiger partial charge in [-0.15, -0.1) is 0 Å². The zero-order chi connectivity index (χ0) is 13.2. The third kappa shape index (κ3) is 2.13. The predicted molar refractivity (Wildman–Crippen MR) is 71.4 cm³/mol. The normalized spacial score (nSPS) is 12.4. The van der Waals surface area contributed by atoms with Crippen LogP contribution in [0, 0.1) is 0 Å². The summed E-state index contributed by atoms with van der Waals surface area (Å²) in [5.74, 6) is 0. The molecule has 0 amide bonds. The minimum Gasteiger partial charge on any atom is -0.324 e. The Kier molecular flexibility index (Phi) is 3.40. The minimum atomic E-state index is -4.33. The van der Waals surface area contributed by atoms with Crippen LogP contribution in [-0.2, 0) is 9.72 Å². The Morgan fingerprint density at radius 2 is 1.17 bits per heavy atom. The summed E-state index contributed by atoms with van der Waals surface area (Å²) in [4.78, 5) is 19.5. The van der Waals surface area contributed by atoms with Crippen molar-refractivity contribution in [3.05, 3.63) is 71.8 Å². The van der Waals surface area contributed by atoms with Crippen molar-refractivity contribution < 1.29 is 14.4 Å². The van der Waals surface area contributed by atoms with E-state index in [1.54, 1.807) is 55.5 Å². The van der Waals surface area contributed by atoms with Gasteiger partial charge in [-0.3, -0.25) is 4.57 Å². The van der Waals surface area contributed by atoms with E-state index in [2.05, 4.69) is 0 Å². The molecule has 2 N–H and O–H groups in total. The third-order valence-corrected chi connectivity index (χ3v) is 4.94. The molecule has 2 aromatic carbocycles. The van der Waals surface area contributed by atoms with Gasteiger partial charge in [0.05, 0.1) is 0 Å².